The summed E-state index contributed by atoms with van der Waals surface area (Å²) in [5.41, 5.74) is 9.82. The molecule has 0 radical (unpaired) electrons. The number of nitrogens with zero attached hydrogens (tertiary/aromatic N) is 5. The highest BCUT2D eigenvalue weighted by Crippen LogP contribution is 2.39. The highest BCUT2D eigenvalue weighted by molar-refractivity contribution is 6.12. The summed E-state index contributed by atoms with van der Waals surface area (Å²) >= 11 is 0. The van der Waals surface area contributed by atoms with Crippen molar-refractivity contribution in [3.05, 3.63) is 156 Å². The van der Waals surface area contributed by atoms with E-state index in [1.54, 1.807) is 0 Å². The van der Waals surface area contributed by atoms with Crippen LogP contribution in [-0.2, 0) is 0 Å². The van der Waals surface area contributed by atoms with Crippen LogP contribution in [0, 0.1) is 24.5 Å². The molecule has 44 heavy (non-hydrogen) atoms. The largest absolute Gasteiger partial charge is 0.319 e. The van der Waals surface area contributed by atoms with Gasteiger partial charge >= 0.3 is 0 Å². The summed E-state index contributed by atoms with van der Waals surface area (Å²) < 4.78 is 4.38. The Morgan fingerprint density at radius 2 is 1.20 bits per heavy atom. The van der Waals surface area contributed by atoms with Crippen LogP contribution in [-0.4, -0.2) is 9.13 Å². The van der Waals surface area contributed by atoms with E-state index >= 15 is 0 Å². The standard InChI is InChI=1S/C39H21N5/c1-41-28-16-19-38-33(23-28)32-22-27(15-18-37(32)44(38)39-13-6-4-11-34(39)42-2)26-8-7-9-29(21-26)43-35-12-5-3-10-30(35)31-20-25(24-40)14-17-36(31)43/h3-23H. The summed E-state index contributed by atoms with van der Waals surface area (Å²) in [5.74, 6) is 0. The van der Waals surface area contributed by atoms with E-state index in [1.165, 1.54) is 0 Å². The Morgan fingerprint density at radius 3 is 2.05 bits per heavy atom. The highest BCUT2D eigenvalue weighted by atomic mass is 15.0. The van der Waals surface area contributed by atoms with Crippen LogP contribution in [0.25, 0.3) is 75.8 Å². The lowest BCUT2D eigenvalue weighted by Crippen LogP contribution is -1.95. The Bertz CT molecular complexity index is 2600. The minimum absolute atomic E-state index is 0.574. The SMILES string of the molecule is [C-]#[N+]c1ccc2c(c1)c1cc(-c3cccc(-n4c5ccccc5c5cc(C#N)ccc54)c3)ccc1n2-c1ccccc1[N+]#[C-]. The molecular weight excluding hydrogens is 538 g/mol. The normalized spacial score (nSPS) is 11.1. The van der Waals surface area contributed by atoms with Crippen molar-refractivity contribution in [2.24, 2.45) is 0 Å². The summed E-state index contributed by atoms with van der Waals surface area (Å²) in [4.78, 5) is 7.48. The van der Waals surface area contributed by atoms with E-state index in [4.69, 9.17) is 13.1 Å². The van der Waals surface area contributed by atoms with Crippen LogP contribution < -0.4 is 0 Å². The van der Waals surface area contributed by atoms with E-state index in [-0.39, 0.29) is 0 Å². The molecule has 6 aromatic carbocycles. The van der Waals surface area contributed by atoms with Gasteiger partial charge in [-0.25, -0.2) is 9.69 Å². The Kier molecular flexibility index (Phi) is 5.56. The number of para-hydroxylation sites is 3. The third-order valence-corrected chi connectivity index (χ3v) is 8.36. The number of rotatable bonds is 3. The molecule has 5 nitrogen and oxygen atoms in total. The van der Waals surface area contributed by atoms with E-state index < -0.39 is 0 Å². The first-order chi connectivity index (χ1) is 21.7. The van der Waals surface area contributed by atoms with Gasteiger partial charge in [0.15, 0.2) is 5.69 Å². The van der Waals surface area contributed by atoms with Gasteiger partial charge in [0.1, 0.15) is 0 Å². The van der Waals surface area contributed by atoms with E-state index in [0.29, 0.717) is 16.9 Å². The second kappa shape index (κ2) is 9.74. The molecule has 2 aromatic heterocycles. The number of hydrogen-bond acceptors (Lipinski definition) is 1. The molecule has 0 amide bonds. The lowest BCUT2D eigenvalue weighted by molar-refractivity contribution is 1.18. The minimum atomic E-state index is 0.574. The molecule has 0 spiro atoms. The maximum absolute atomic E-state index is 9.53. The zero-order chi connectivity index (χ0) is 29.8. The fourth-order valence-corrected chi connectivity index (χ4v) is 6.41. The van der Waals surface area contributed by atoms with Gasteiger partial charge in [0.2, 0.25) is 5.69 Å². The van der Waals surface area contributed by atoms with Gasteiger partial charge < -0.3 is 9.13 Å². The Balaban J connectivity index is 1.35. The van der Waals surface area contributed by atoms with Crippen molar-refractivity contribution in [2.75, 3.05) is 0 Å². The third-order valence-electron chi connectivity index (χ3n) is 8.36. The highest BCUT2D eigenvalue weighted by Gasteiger charge is 2.17. The third kappa shape index (κ3) is 3.70. The lowest BCUT2D eigenvalue weighted by atomic mass is 10.0. The average molecular weight is 560 g/mol. The zero-order valence-corrected chi connectivity index (χ0v) is 23.4. The van der Waals surface area contributed by atoms with Gasteiger partial charge in [0.25, 0.3) is 0 Å². The summed E-state index contributed by atoms with van der Waals surface area (Å²) in [5, 5.41) is 13.7. The van der Waals surface area contributed by atoms with Gasteiger partial charge in [-0.15, -0.1) is 0 Å². The first kappa shape index (κ1) is 25.1. The van der Waals surface area contributed by atoms with E-state index in [1.807, 2.05) is 72.8 Å². The summed E-state index contributed by atoms with van der Waals surface area (Å²) in [6, 6.07) is 44.7. The first-order valence-electron chi connectivity index (χ1n) is 14.1. The Hall–Kier alpha value is -6.61. The second-order valence-corrected chi connectivity index (χ2v) is 10.7. The van der Waals surface area contributed by atoms with Gasteiger partial charge in [0, 0.05) is 21.8 Å². The van der Waals surface area contributed by atoms with Crippen molar-refractivity contribution in [1.29, 1.82) is 5.26 Å². The van der Waals surface area contributed by atoms with Crippen molar-refractivity contribution in [1.82, 2.24) is 9.13 Å². The molecule has 0 aliphatic heterocycles. The molecule has 8 rings (SSSR count). The van der Waals surface area contributed by atoms with Crippen LogP contribution in [0.4, 0.5) is 11.4 Å². The molecule has 0 aliphatic carbocycles. The summed E-state index contributed by atoms with van der Waals surface area (Å²) in [7, 11) is 0. The summed E-state index contributed by atoms with van der Waals surface area (Å²) in [6.45, 7) is 15.4. The van der Waals surface area contributed by atoms with Crippen LogP contribution in [0.3, 0.4) is 0 Å². The molecule has 0 atom stereocenters. The average Bonchev–Trinajstić information content (AvgIpc) is 3.59. The van der Waals surface area contributed by atoms with Crippen molar-refractivity contribution < 1.29 is 0 Å². The smallest absolute Gasteiger partial charge is 0.210 e. The molecule has 8 aromatic rings. The van der Waals surface area contributed by atoms with Crippen LogP contribution in [0.5, 0.6) is 0 Å². The van der Waals surface area contributed by atoms with Crippen LogP contribution in [0.15, 0.2) is 127 Å². The van der Waals surface area contributed by atoms with Gasteiger partial charge in [-0.3, -0.25) is 0 Å². The van der Waals surface area contributed by atoms with Gasteiger partial charge in [-0.05, 0) is 83.2 Å². The summed E-state index contributed by atoms with van der Waals surface area (Å²) in [6.07, 6.45) is 0. The number of fused-ring (bicyclic) bond motifs is 6. The van der Waals surface area contributed by atoms with Gasteiger partial charge in [0.05, 0.1) is 52.5 Å². The molecule has 0 saturated carbocycles. The molecule has 0 fully saturated rings. The topological polar surface area (TPSA) is 42.4 Å². The number of nitriles is 1. The van der Waals surface area contributed by atoms with Gasteiger partial charge in [-0.1, -0.05) is 60.7 Å². The van der Waals surface area contributed by atoms with Gasteiger partial charge in [-0.2, -0.15) is 5.26 Å². The van der Waals surface area contributed by atoms with Crippen molar-refractivity contribution in [3.63, 3.8) is 0 Å². The molecule has 0 aliphatic rings. The first-order valence-corrected chi connectivity index (χ1v) is 14.1. The van der Waals surface area contributed by atoms with Crippen LogP contribution in [0.1, 0.15) is 5.56 Å². The van der Waals surface area contributed by atoms with E-state index in [2.05, 4.69) is 79.5 Å². The number of hydrogen-bond donors (Lipinski definition) is 0. The van der Waals surface area contributed by atoms with E-state index in [9.17, 15) is 5.26 Å². The molecule has 2 heterocycles. The van der Waals surface area contributed by atoms with Crippen molar-refractivity contribution in [2.45, 2.75) is 0 Å². The molecule has 0 N–H and O–H groups in total. The Labute approximate surface area is 253 Å². The molecule has 0 bridgehead atoms. The van der Waals surface area contributed by atoms with Crippen molar-refractivity contribution >= 4 is 55.0 Å². The molecule has 0 unspecified atom stereocenters. The second-order valence-electron chi connectivity index (χ2n) is 10.7. The molecule has 202 valence electrons. The number of aromatic nitrogens is 2. The van der Waals surface area contributed by atoms with Crippen LogP contribution >= 0.6 is 0 Å². The zero-order valence-electron chi connectivity index (χ0n) is 23.4. The molecule has 5 heteroatoms. The monoisotopic (exact) mass is 559 g/mol. The fourth-order valence-electron chi connectivity index (χ4n) is 6.41. The molecular formula is C39H21N5. The van der Waals surface area contributed by atoms with Crippen molar-refractivity contribution in [3.8, 4) is 28.6 Å². The fraction of sp³-hybridized carbons (Fsp3) is 0. The molecule has 0 saturated heterocycles. The van der Waals surface area contributed by atoms with Crippen LogP contribution in [0.2, 0.25) is 0 Å². The Morgan fingerprint density at radius 1 is 0.523 bits per heavy atom. The minimum Gasteiger partial charge on any atom is -0.319 e. The predicted molar refractivity (Wildman–Crippen MR) is 178 cm³/mol. The predicted octanol–water partition coefficient (Wildman–Crippen LogP) is 10.5. The maximum atomic E-state index is 9.53. The maximum Gasteiger partial charge on any atom is 0.210 e. The number of benzene rings is 6. The quantitative estimate of drug-likeness (QED) is 0.199. The van der Waals surface area contributed by atoms with E-state index in [0.717, 1.165) is 66.1 Å². The lowest BCUT2D eigenvalue weighted by Gasteiger charge is -2.12.